The molecule has 0 radical (unpaired) electrons. The average molecular weight is 421 g/mol. The normalized spacial score (nSPS) is 14.8. The van der Waals surface area contributed by atoms with Gasteiger partial charge < -0.3 is 19.3 Å². The largest absolute Gasteiger partial charge is 0.493 e. The number of pyridine rings is 1. The summed E-state index contributed by atoms with van der Waals surface area (Å²) in [5.41, 5.74) is -0.0593. The molecule has 1 aromatic heterocycles. The lowest BCUT2D eigenvalue weighted by Crippen LogP contribution is -2.48. The van der Waals surface area contributed by atoms with Gasteiger partial charge in [0.2, 0.25) is 5.91 Å². The van der Waals surface area contributed by atoms with E-state index in [0.29, 0.717) is 43.5 Å². The van der Waals surface area contributed by atoms with Crippen molar-refractivity contribution in [2.24, 2.45) is 0 Å². The van der Waals surface area contributed by atoms with Crippen molar-refractivity contribution in [3.8, 4) is 11.5 Å². The van der Waals surface area contributed by atoms with E-state index in [4.69, 9.17) is 9.47 Å². The molecule has 1 fully saturated rings. The summed E-state index contributed by atoms with van der Waals surface area (Å²) < 4.78 is 48.6. The van der Waals surface area contributed by atoms with Crippen molar-refractivity contribution < 1.29 is 27.4 Å². The van der Waals surface area contributed by atoms with Crippen molar-refractivity contribution in [3.05, 3.63) is 53.7 Å². The number of hydrogen-bond acceptors (Lipinski definition) is 5. The Bertz CT molecular complexity index is 906. The van der Waals surface area contributed by atoms with Crippen molar-refractivity contribution in [2.75, 3.05) is 45.3 Å². The van der Waals surface area contributed by atoms with Gasteiger partial charge in [-0.3, -0.25) is 4.79 Å². The van der Waals surface area contributed by atoms with Crippen LogP contribution in [0.5, 0.6) is 11.5 Å². The minimum Gasteiger partial charge on any atom is -0.493 e. The monoisotopic (exact) mass is 421 g/mol. The summed E-state index contributed by atoms with van der Waals surface area (Å²) in [5, 5.41) is 0. The van der Waals surface area contributed by atoms with Crippen LogP contribution in [0.3, 0.4) is 0 Å². The first-order chi connectivity index (χ1) is 14.3. The molecular formula is C21H22F3N3O3. The zero-order valence-corrected chi connectivity index (χ0v) is 16.6. The van der Waals surface area contributed by atoms with Crippen LogP contribution in [-0.2, 0) is 11.0 Å². The molecule has 1 aliphatic rings. The fourth-order valence-electron chi connectivity index (χ4n) is 3.21. The molecule has 0 aliphatic carbocycles. The molecule has 2 aromatic rings. The standard InChI is InChI=1S/C21H22F3N3O3/c1-29-17-5-3-4-15(20(17)30-2)6-9-19(28)27-12-10-26(11-13-27)18-8-7-16(14-25-18)21(22,23)24/h3-9,14H,10-13H2,1-2H3/b9-6+. The van der Waals surface area contributed by atoms with E-state index in [1.807, 2.05) is 11.0 Å². The Morgan fingerprint density at radius 3 is 2.37 bits per heavy atom. The molecular weight excluding hydrogens is 399 g/mol. The maximum absolute atomic E-state index is 12.7. The highest BCUT2D eigenvalue weighted by atomic mass is 19.4. The number of piperazine rings is 1. The van der Waals surface area contributed by atoms with Crippen LogP contribution in [-0.4, -0.2) is 56.2 Å². The molecule has 160 valence electrons. The van der Waals surface area contributed by atoms with Crippen LogP contribution in [0.25, 0.3) is 6.08 Å². The van der Waals surface area contributed by atoms with Gasteiger partial charge in [-0.15, -0.1) is 0 Å². The lowest BCUT2D eigenvalue weighted by Gasteiger charge is -2.35. The van der Waals surface area contributed by atoms with E-state index in [-0.39, 0.29) is 5.91 Å². The van der Waals surface area contributed by atoms with Gasteiger partial charge in [0, 0.05) is 44.0 Å². The first kappa shape index (κ1) is 21.5. The summed E-state index contributed by atoms with van der Waals surface area (Å²) in [6, 6.07) is 7.77. The third-order valence-electron chi connectivity index (χ3n) is 4.83. The molecule has 9 heteroatoms. The number of alkyl halides is 3. The number of methoxy groups -OCH3 is 2. The van der Waals surface area contributed by atoms with Gasteiger partial charge in [0.1, 0.15) is 5.82 Å². The van der Waals surface area contributed by atoms with Crippen LogP contribution in [0, 0.1) is 0 Å². The van der Waals surface area contributed by atoms with Crippen LogP contribution in [0.2, 0.25) is 0 Å². The van der Waals surface area contributed by atoms with Gasteiger partial charge >= 0.3 is 6.18 Å². The maximum Gasteiger partial charge on any atom is 0.417 e. The summed E-state index contributed by atoms with van der Waals surface area (Å²) in [6.07, 6.45) is -0.428. The topological polar surface area (TPSA) is 54.9 Å². The van der Waals surface area contributed by atoms with E-state index in [9.17, 15) is 18.0 Å². The van der Waals surface area contributed by atoms with Gasteiger partial charge in [0.25, 0.3) is 0 Å². The van der Waals surface area contributed by atoms with Crippen LogP contribution in [0.1, 0.15) is 11.1 Å². The summed E-state index contributed by atoms with van der Waals surface area (Å²) in [7, 11) is 3.08. The fraction of sp³-hybridized carbons (Fsp3) is 0.333. The third-order valence-corrected chi connectivity index (χ3v) is 4.83. The Morgan fingerprint density at radius 1 is 1.07 bits per heavy atom. The highest BCUT2D eigenvalue weighted by Crippen LogP contribution is 2.32. The molecule has 0 bridgehead atoms. The lowest BCUT2D eigenvalue weighted by molar-refractivity contribution is -0.137. The van der Waals surface area contributed by atoms with Gasteiger partial charge in [-0.05, 0) is 24.3 Å². The fourth-order valence-corrected chi connectivity index (χ4v) is 3.21. The predicted octanol–water partition coefficient (Wildman–Crippen LogP) is 3.48. The van der Waals surface area contributed by atoms with E-state index in [2.05, 4.69) is 4.98 Å². The summed E-state index contributed by atoms with van der Waals surface area (Å²) in [4.78, 5) is 20.0. The Balaban J connectivity index is 1.60. The Morgan fingerprint density at radius 2 is 1.80 bits per heavy atom. The summed E-state index contributed by atoms with van der Waals surface area (Å²) in [6.45, 7) is 1.86. The summed E-state index contributed by atoms with van der Waals surface area (Å²) in [5.74, 6) is 1.43. The number of aromatic nitrogens is 1. The summed E-state index contributed by atoms with van der Waals surface area (Å²) >= 11 is 0. The highest BCUT2D eigenvalue weighted by Gasteiger charge is 2.31. The van der Waals surface area contributed by atoms with E-state index in [1.54, 1.807) is 30.2 Å². The molecule has 0 N–H and O–H groups in total. The number of nitrogens with zero attached hydrogens (tertiary/aromatic N) is 3. The number of halogens is 3. The zero-order valence-electron chi connectivity index (χ0n) is 16.6. The number of carbonyl (C=O) groups excluding carboxylic acids is 1. The van der Waals surface area contributed by atoms with Crippen LogP contribution >= 0.6 is 0 Å². The van der Waals surface area contributed by atoms with Gasteiger partial charge in [-0.1, -0.05) is 12.1 Å². The molecule has 2 heterocycles. The number of para-hydroxylation sites is 1. The molecule has 0 unspecified atom stereocenters. The number of hydrogen-bond donors (Lipinski definition) is 0. The van der Waals surface area contributed by atoms with Gasteiger partial charge in [-0.2, -0.15) is 13.2 Å². The van der Waals surface area contributed by atoms with E-state index < -0.39 is 11.7 Å². The average Bonchev–Trinajstić information content (AvgIpc) is 2.76. The second-order valence-corrected chi connectivity index (χ2v) is 6.63. The molecule has 0 atom stereocenters. The molecule has 1 saturated heterocycles. The second kappa shape index (κ2) is 9.06. The van der Waals surface area contributed by atoms with E-state index in [1.165, 1.54) is 19.3 Å². The van der Waals surface area contributed by atoms with Gasteiger partial charge in [0.05, 0.1) is 19.8 Å². The third kappa shape index (κ3) is 4.84. The second-order valence-electron chi connectivity index (χ2n) is 6.63. The molecule has 1 aromatic carbocycles. The van der Waals surface area contributed by atoms with Crippen LogP contribution in [0.4, 0.5) is 19.0 Å². The Kier molecular flexibility index (Phi) is 6.49. The maximum atomic E-state index is 12.7. The van der Waals surface area contributed by atoms with Crippen molar-refractivity contribution in [3.63, 3.8) is 0 Å². The van der Waals surface area contributed by atoms with Gasteiger partial charge in [-0.25, -0.2) is 4.98 Å². The van der Waals surface area contributed by atoms with Crippen LogP contribution in [0.15, 0.2) is 42.6 Å². The van der Waals surface area contributed by atoms with Crippen LogP contribution < -0.4 is 14.4 Å². The number of rotatable bonds is 5. The smallest absolute Gasteiger partial charge is 0.417 e. The van der Waals surface area contributed by atoms with Crippen molar-refractivity contribution >= 4 is 17.8 Å². The molecule has 1 amide bonds. The minimum absolute atomic E-state index is 0.153. The zero-order chi connectivity index (χ0) is 21.7. The molecule has 30 heavy (non-hydrogen) atoms. The van der Waals surface area contributed by atoms with Crippen molar-refractivity contribution in [1.82, 2.24) is 9.88 Å². The molecule has 1 aliphatic heterocycles. The van der Waals surface area contributed by atoms with Crippen molar-refractivity contribution in [2.45, 2.75) is 6.18 Å². The molecule has 3 rings (SSSR count). The van der Waals surface area contributed by atoms with Gasteiger partial charge in [0.15, 0.2) is 11.5 Å². The first-order valence-corrected chi connectivity index (χ1v) is 9.29. The number of amides is 1. The highest BCUT2D eigenvalue weighted by molar-refractivity contribution is 5.92. The SMILES string of the molecule is COc1cccc(/C=C/C(=O)N2CCN(c3ccc(C(F)(F)F)cn3)CC2)c1OC. The molecule has 0 spiro atoms. The molecule has 0 saturated carbocycles. The number of ether oxygens (including phenoxy) is 2. The number of benzene rings is 1. The van der Waals surface area contributed by atoms with Crippen molar-refractivity contribution in [1.29, 1.82) is 0 Å². The minimum atomic E-state index is -4.41. The first-order valence-electron chi connectivity index (χ1n) is 9.29. The Hall–Kier alpha value is -3.23. The Labute approximate surface area is 172 Å². The van der Waals surface area contributed by atoms with E-state index >= 15 is 0 Å². The number of carbonyl (C=O) groups is 1. The number of anilines is 1. The molecule has 6 nitrogen and oxygen atoms in total. The predicted molar refractivity (Wildman–Crippen MR) is 107 cm³/mol. The quantitative estimate of drug-likeness (QED) is 0.692. The van der Waals surface area contributed by atoms with E-state index in [0.717, 1.165) is 17.8 Å². The lowest BCUT2D eigenvalue weighted by atomic mass is 10.1.